The number of hydrogen-bond acceptors (Lipinski definition) is 6. The Labute approximate surface area is 190 Å². The summed E-state index contributed by atoms with van der Waals surface area (Å²) in [4.78, 5) is 32.2. The fourth-order valence-electron chi connectivity index (χ4n) is 4.04. The second kappa shape index (κ2) is 8.99. The van der Waals surface area contributed by atoms with Crippen LogP contribution in [-0.4, -0.2) is 49.6 Å². The third-order valence-electron chi connectivity index (χ3n) is 6.04. The molecule has 0 radical (unpaired) electrons. The molecule has 2 aromatic heterocycles. The normalized spacial score (nSPS) is 16.0. The van der Waals surface area contributed by atoms with E-state index < -0.39 is 17.4 Å². The Hall–Kier alpha value is -2.78. The van der Waals surface area contributed by atoms with Gasteiger partial charge in [0.1, 0.15) is 18.5 Å². The van der Waals surface area contributed by atoms with E-state index in [1.807, 2.05) is 0 Å². The molecular formula is C22H28ClN5O4. The van der Waals surface area contributed by atoms with Crippen molar-refractivity contribution in [2.24, 2.45) is 20.0 Å². The van der Waals surface area contributed by atoms with Crippen LogP contribution in [0.3, 0.4) is 0 Å². The van der Waals surface area contributed by atoms with Crippen LogP contribution in [0.5, 0.6) is 5.75 Å². The molecular weight excluding hydrogens is 434 g/mol. The number of hydrogen-bond donors (Lipinski definition) is 1. The van der Waals surface area contributed by atoms with E-state index >= 15 is 0 Å². The summed E-state index contributed by atoms with van der Waals surface area (Å²) >= 11 is 5.90. The number of rotatable bonds is 6. The number of fused-ring (bicyclic) bond motifs is 1. The van der Waals surface area contributed by atoms with E-state index in [4.69, 9.17) is 16.3 Å². The number of anilines is 1. The molecule has 0 unspecified atom stereocenters. The van der Waals surface area contributed by atoms with Crippen molar-refractivity contribution in [2.75, 3.05) is 24.6 Å². The maximum Gasteiger partial charge on any atom is 0.332 e. The molecule has 1 aromatic carbocycles. The highest BCUT2D eigenvalue weighted by molar-refractivity contribution is 6.30. The molecule has 4 rings (SSSR count). The summed E-state index contributed by atoms with van der Waals surface area (Å²) in [6, 6.07) is 6.89. The van der Waals surface area contributed by atoms with Gasteiger partial charge in [0.15, 0.2) is 11.2 Å². The minimum absolute atomic E-state index is 0.0316. The van der Waals surface area contributed by atoms with Crippen LogP contribution in [0.2, 0.25) is 5.02 Å². The van der Waals surface area contributed by atoms with Gasteiger partial charge in [0.25, 0.3) is 5.56 Å². The minimum Gasteiger partial charge on any atom is -0.491 e. The summed E-state index contributed by atoms with van der Waals surface area (Å²) in [6.07, 6.45) is 1.14. The monoisotopic (exact) mass is 461 g/mol. The zero-order valence-electron chi connectivity index (χ0n) is 18.5. The molecule has 0 saturated carbocycles. The molecule has 172 valence electrons. The highest BCUT2D eigenvalue weighted by Gasteiger charge is 2.26. The first-order valence-electron chi connectivity index (χ1n) is 10.7. The van der Waals surface area contributed by atoms with E-state index in [-0.39, 0.29) is 13.2 Å². The van der Waals surface area contributed by atoms with E-state index in [9.17, 15) is 14.7 Å². The molecule has 1 N–H and O–H groups in total. The van der Waals surface area contributed by atoms with E-state index in [1.54, 1.807) is 35.9 Å². The molecule has 10 heteroatoms. The smallest absolute Gasteiger partial charge is 0.332 e. The molecule has 0 spiro atoms. The van der Waals surface area contributed by atoms with Crippen LogP contribution in [-0.2, 0) is 20.6 Å². The molecule has 1 fully saturated rings. The second-order valence-corrected chi connectivity index (χ2v) is 8.93. The van der Waals surface area contributed by atoms with Crippen molar-refractivity contribution in [2.45, 2.75) is 32.4 Å². The van der Waals surface area contributed by atoms with Crippen LogP contribution in [0, 0.1) is 5.92 Å². The Kier molecular flexibility index (Phi) is 6.30. The van der Waals surface area contributed by atoms with Crippen LogP contribution in [0.25, 0.3) is 11.2 Å². The summed E-state index contributed by atoms with van der Waals surface area (Å²) in [5, 5.41) is 11.4. The fraction of sp³-hybridized carbons (Fsp3) is 0.500. The number of ether oxygens (including phenoxy) is 1. The van der Waals surface area contributed by atoms with Gasteiger partial charge in [-0.2, -0.15) is 4.98 Å². The predicted molar refractivity (Wildman–Crippen MR) is 124 cm³/mol. The van der Waals surface area contributed by atoms with Crippen molar-refractivity contribution in [1.29, 1.82) is 0 Å². The minimum atomic E-state index is -0.896. The Balaban J connectivity index is 1.69. The number of aliphatic hydroxyl groups excluding tert-OH is 1. The van der Waals surface area contributed by atoms with Crippen molar-refractivity contribution >= 4 is 28.7 Å². The van der Waals surface area contributed by atoms with Gasteiger partial charge in [-0.3, -0.25) is 13.9 Å². The first-order valence-corrected chi connectivity index (χ1v) is 11.1. The van der Waals surface area contributed by atoms with Crippen LogP contribution in [0.4, 0.5) is 5.95 Å². The standard InChI is InChI=1S/C22H28ClN5O4/c1-14-8-10-27(11-9-14)21-24-19-18(20(30)26(3)22(31)25(19)2)28(21)12-16(29)13-32-17-6-4-15(23)5-7-17/h4-7,14,16,29H,8-13H2,1-3H3/t16-/m0/s1. The topological polar surface area (TPSA) is 94.5 Å². The highest BCUT2D eigenvalue weighted by atomic mass is 35.5. The molecule has 3 aromatic rings. The highest BCUT2D eigenvalue weighted by Crippen LogP contribution is 2.25. The van der Waals surface area contributed by atoms with Gasteiger partial charge < -0.3 is 19.3 Å². The first kappa shape index (κ1) is 22.4. The van der Waals surface area contributed by atoms with E-state index in [2.05, 4.69) is 16.8 Å². The summed E-state index contributed by atoms with van der Waals surface area (Å²) in [5.74, 6) is 1.81. The lowest BCUT2D eigenvalue weighted by Gasteiger charge is -2.31. The van der Waals surface area contributed by atoms with E-state index in [0.717, 1.165) is 30.5 Å². The average molecular weight is 462 g/mol. The molecule has 3 heterocycles. The number of halogens is 1. The SMILES string of the molecule is CC1CCN(c2nc3c(c(=O)n(C)c(=O)n3C)n2C[C@H](O)COc2ccc(Cl)cc2)CC1. The van der Waals surface area contributed by atoms with Crippen molar-refractivity contribution < 1.29 is 9.84 Å². The molecule has 0 bridgehead atoms. The molecule has 0 aliphatic carbocycles. The number of imidazole rings is 1. The molecule has 0 amide bonds. The fourth-order valence-corrected chi connectivity index (χ4v) is 4.17. The molecule has 1 aliphatic rings. The maximum atomic E-state index is 13.0. The van der Waals surface area contributed by atoms with Crippen LogP contribution in [0.15, 0.2) is 33.9 Å². The lowest BCUT2D eigenvalue weighted by molar-refractivity contribution is 0.0935. The lowest BCUT2D eigenvalue weighted by atomic mass is 10.00. The summed E-state index contributed by atoms with van der Waals surface area (Å²) in [5.41, 5.74) is -0.248. The second-order valence-electron chi connectivity index (χ2n) is 8.49. The van der Waals surface area contributed by atoms with Gasteiger partial charge in [-0.25, -0.2) is 4.79 Å². The molecule has 1 saturated heterocycles. The third kappa shape index (κ3) is 4.27. The summed E-state index contributed by atoms with van der Waals surface area (Å²) in [6.45, 7) is 3.96. The number of benzene rings is 1. The number of nitrogens with zero attached hydrogens (tertiary/aromatic N) is 5. The average Bonchev–Trinajstić information content (AvgIpc) is 3.15. The number of piperidine rings is 1. The van der Waals surface area contributed by atoms with E-state index in [0.29, 0.717) is 33.8 Å². The Morgan fingerprint density at radius 3 is 2.47 bits per heavy atom. The Morgan fingerprint density at radius 1 is 1.16 bits per heavy atom. The predicted octanol–water partition coefficient (Wildman–Crippen LogP) is 1.76. The first-order chi connectivity index (χ1) is 15.3. The van der Waals surface area contributed by atoms with Crippen molar-refractivity contribution in [3.8, 4) is 5.75 Å². The van der Waals surface area contributed by atoms with Gasteiger partial charge in [0.2, 0.25) is 5.95 Å². The van der Waals surface area contributed by atoms with Crippen LogP contribution >= 0.6 is 11.6 Å². The molecule has 32 heavy (non-hydrogen) atoms. The van der Waals surface area contributed by atoms with Gasteiger partial charge in [0.05, 0.1) is 6.54 Å². The molecule has 1 atom stereocenters. The lowest BCUT2D eigenvalue weighted by Crippen LogP contribution is -2.38. The van der Waals surface area contributed by atoms with Crippen molar-refractivity contribution in [3.63, 3.8) is 0 Å². The zero-order valence-corrected chi connectivity index (χ0v) is 19.2. The maximum absolute atomic E-state index is 13.0. The Bertz CT molecular complexity index is 1220. The zero-order chi connectivity index (χ0) is 23.0. The number of aryl methyl sites for hydroxylation is 1. The molecule has 1 aliphatic heterocycles. The molecule has 9 nitrogen and oxygen atoms in total. The number of aliphatic hydroxyl groups is 1. The number of aromatic nitrogens is 4. The van der Waals surface area contributed by atoms with Gasteiger partial charge in [-0.1, -0.05) is 18.5 Å². The van der Waals surface area contributed by atoms with Gasteiger partial charge >= 0.3 is 5.69 Å². The quantitative estimate of drug-likeness (QED) is 0.601. The van der Waals surface area contributed by atoms with Crippen molar-refractivity contribution in [3.05, 3.63) is 50.1 Å². The van der Waals surface area contributed by atoms with Gasteiger partial charge in [-0.05, 0) is 43.0 Å². The van der Waals surface area contributed by atoms with Crippen LogP contribution < -0.4 is 20.9 Å². The van der Waals surface area contributed by atoms with Crippen LogP contribution in [0.1, 0.15) is 19.8 Å². The third-order valence-corrected chi connectivity index (χ3v) is 6.30. The van der Waals surface area contributed by atoms with E-state index in [1.165, 1.54) is 11.6 Å². The summed E-state index contributed by atoms with van der Waals surface area (Å²) < 4.78 is 9.85. The Morgan fingerprint density at radius 2 is 1.81 bits per heavy atom. The largest absolute Gasteiger partial charge is 0.491 e. The van der Waals surface area contributed by atoms with Gasteiger partial charge in [0, 0.05) is 32.2 Å². The van der Waals surface area contributed by atoms with Gasteiger partial charge in [-0.15, -0.1) is 0 Å². The summed E-state index contributed by atoms with van der Waals surface area (Å²) in [7, 11) is 3.05. The van der Waals surface area contributed by atoms with Crippen molar-refractivity contribution in [1.82, 2.24) is 18.7 Å².